The Labute approximate surface area is 115 Å². The second-order valence-corrected chi connectivity index (χ2v) is 6.26. The minimum absolute atomic E-state index is 0.786. The molecule has 0 spiro atoms. The van der Waals surface area contributed by atoms with E-state index in [1.54, 1.807) is 0 Å². The van der Waals surface area contributed by atoms with Gasteiger partial charge in [0.1, 0.15) is 0 Å². The van der Waals surface area contributed by atoms with Crippen LogP contribution in [0.4, 0.5) is 0 Å². The van der Waals surface area contributed by atoms with Gasteiger partial charge in [0.2, 0.25) is 0 Å². The summed E-state index contributed by atoms with van der Waals surface area (Å²) in [6.45, 7) is 10.6. The van der Waals surface area contributed by atoms with E-state index in [2.05, 4.69) is 33.0 Å². The molecule has 0 saturated heterocycles. The van der Waals surface area contributed by atoms with E-state index in [-0.39, 0.29) is 0 Å². The standard InChI is InChI=1S/C17H35N/c1-5-12-18-17(15(7-3)8-4)16-11-9-10-14(6-2)13-16/h14-18H,5-13H2,1-4H3. The van der Waals surface area contributed by atoms with Gasteiger partial charge in [-0.25, -0.2) is 0 Å². The Bertz CT molecular complexity index is 198. The van der Waals surface area contributed by atoms with Crippen LogP contribution in [0.3, 0.4) is 0 Å². The van der Waals surface area contributed by atoms with Gasteiger partial charge in [-0.3, -0.25) is 0 Å². The summed E-state index contributed by atoms with van der Waals surface area (Å²) >= 11 is 0. The third-order valence-electron chi connectivity index (χ3n) is 5.10. The smallest absolute Gasteiger partial charge is 0.0123 e. The fourth-order valence-electron chi connectivity index (χ4n) is 3.86. The quantitative estimate of drug-likeness (QED) is 0.641. The molecule has 0 amide bonds. The van der Waals surface area contributed by atoms with Crippen molar-refractivity contribution in [3.63, 3.8) is 0 Å². The molecule has 3 unspecified atom stereocenters. The maximum atomic E-state index is 3.89. The van der Waals surface area contributed by atoms with Crippen molar-refractivity contribution in [2.75, 3.05) is 6.54 Å². The Morgan fingerprint density at radius 3 is 2.33 bits per heavy atom. The molecule has 1 aliphatic rings. The lowest BCUT2D eigenvalue weighted by Gasteiger charge is -2.38. The topological polar surface area (TPSA) is 12.0 Å². The average Bonchev–Trinajstić information content (AvgIpc) is 2.43. The third-order valence-corrected chi connectivity index (χ3v) is 5.10. The van der Waals surface area contributed by atoms with Crippen LogP contribution in [0, 0.1) is 17.8 Å². The molecule has 1 aliphatic carbocycles. The predicted molar refractivity (Wildman–Crippen MR) is 81.9 cm³/mol. The number of rotatable bonds is 8. The maximum Gasteiger partial charge on any atom is 0.0123 e. The van der Waals surface area contributed by atoms with Crippen LogP contribution in [0.2, 0.25) is 0 Å². The fraction of sp³-hybridized carbons (Fsp3) is 1.00. The van der Waals surface area contributed by atoms with Gasteiger partial charge in [0, 0.05) is 6.04 Å². The van der Waals surface area contributed by atoms with Gasteiger partial charge in [0.15, 0.2) is 0 Å². The Morgan fingerprint density at radius 2 is 1.78 bits per heavy atom. The molecular formula is C17H35N. The van der Waals surface area contributed by atoms with Crippen LogP contribution in [0.15, 0.2) is 0 Å². The average molecular weight is 253 g/mol. The first kappa shape index (κ1) is 16.0. The van der Waals surface area contributed by atoms with Crippen LogP contribution in [-0.4, -0.2) is 12.6 Å². The number of hydrogen-bond acceptors (Lipinski definition) is 1. The highest BCUT2D eigenvalue weighted by Gasteiger charge is 2.30. The minimum Gasteiger partial charge on any atom is -0.313 e. The highest BCUT2D eigenvalue weighted by molar-refractivity contribution is 4.86. The lowest BCUT2D eigenvalue weighted by molar-refractivity contribution is 0.162. The highest BCUT2D eigenvalue weighted by atomic mass is 14.9. The largest absolute Gasteiger partial charge is 0.313 e. The summed E-state index contributed by atoms with van der Waals surface area (Å²) in [6.07, 6.45) is 11.2. The molecule has 1 N–H and O–H groups in total. The second kappa shape index (κ2) is 8.96. The van der Waals surface area contributed by atoms with Gasteiger partial charge in [0.25, 0.3) is 0 Å². The van der Waals surface area contributed by atoms with Crippen molar-refractivity contribution in [2.45, 2.75) is 85.1 Å². The zero-order valence-electron chi connectivity index (χ0n) is 13.2. The second-order valence-electron chi connectivity index (χ2n) is 6.26. The van der Waals surface area contributed by atoms with Gasteiger partial charge < -0.3 is 5.32 Å². The van der Waals surface area contributed by atoms with Crippen molar-refractivity contribution < 1.29 is 0 Å². The lowest BCUT2D eigenvalue weighted by atomic mass is 9.72. The van der Waals surface area contributed by atoms with Crippen LogP contribution in [0.1, 0.15) is 79.1 Å². The molecular weight excluding hydrogens is 218 g/mol. The molecule has 0 aliphatic heterocycles. The molecule has 0 radical (unpaired) electrons. The zero-order chi connectivity index (χ0) is 13.4. The summed E-state index contributed by atoms with van der Waals surface area (Å²) in [6, 6.07) is 0.786. The summed E-state index contributed by atoms with van der Waals surface area (Å²) in [7, 11) is 0. The Morgan fingerprint density at radius 1 is 1.06 bits per heavy atom. The normalized spacial score (nSPS) is 26.5. The number of hydrogen-bond donors (Lipinski definition) is 1. The van der Waals surface area contributed by atoms with Crippen LogP contribution in [0.25, 0.3) is 0 Å². The van der Waals surface area contributed by atoms with Crippen molar-refractivity contribution in [3.8, 4) is 0 Å². The summed E-state index contributed by atoms with van der Waals surface area (Å²) < 4.78 is 0. The molecule has 1 saturated carbocycles. The van der Waals surface area contributed by atoms with E-state index < -0.39 is 0 Å². The molecule has 18 heavy (non-hydrogen) atoms. The van der Waals surface area contributed by atoms with Gasteiger partial charge in [-0.05, 0) is 43.6 Å². The van der Waals surface area contributed by atoms with E-state index in [9.17, 15) is 0 Å². The highest BCUT2D eigenvalue weighted by Crippen LogP contribution is 2.36. The minimum atomic E-state index is 0.786. The molecule has 3 atom stereocenters. The van der Waals surface area contributed by atoms with Crippen molar-refractivity contribution in [3.05, 3.63) is 0 Å². The molecule has 0 heterocycles. The van der Waals surface area contributed by atoms with E-state index in [1.807, 2.05) is 0 Å². The molecule has 0 aromatic heterocycles. The summed E-state index contributed by atoms with van der Waals surface area (Å²) in [5.41, 5.74) is 0. The van der Waals surface area contributed by atoms with Gasteiger partial charge in [-0.2, -0.15) is 0 Å². The Kier molecular flexibility index (Phi) is 7.97. The van der Waals surface area contributed by atoms with E-state index in [4.69, 9.17) is 0 Å². The summed E-state index contributed by atoms with van der Waals surface area (Å²) in [4.78, 5) is 0. The first-order valence-electron chi connectivity index (χ1n) is 8.50. The Balaban J connectivity index is 2.61. The lowest BCUT2D eigenvalue weighted by Crippen LogP contribution is -2.44. The number of nitrogens with one attached hydrogen (secondary N) is 1. The van der Waals surface area contributed by atoms with Crippen molar-refractivity contribution >= 4 is 0 Å². The van der Waals surface area contributed by atoms with Gasteiger partial charge in [-0.1, -0.05) is 59.8 Å². The predicted octanol–water partition coefficient (Wildman–Crippen LogP) is 5.01. The molecule has 108 valence electrons. The van der Waals surface area contributed by atoms with E-state index in [0.717, 1.165) is 23.8 Å². The van der Waals surface area contributed by atoms with Gasteiger partial charge in [0.05, 0.1) is 0 Å². The van der Waals surface area contributed by atoms with E-state index in [1.165, 1.54) is 57.9 Å². The van der Waals surface area contributed by atoms with Crippen LogP contribution < -0.4 is 5.32 Å². The molecule has 0 aromatic rings. The summed E-state index contributed by atoms with van der Waals surface area (Å²) in [5, 5.41) is 3.89. The van der Waals surface area contributed by atoms with Crippen molar-refractivity contribution in [2.24, 2.45) is 17.8 Å². The fourth-order valence-corrected chi connectivity index (χ4v) is 3.86. The maximum absolute atomic E-state index is 3.89. The monoisotopic (exact) mass is 253 g/mol. The van der Waals surface area contributed by atoms with E-state index in [0.29, 0.717) is 0 Å². The Hall–Kier alpha value is -0.0400. The SMILES string of the molecule is CCCNC(C(CC)CC)C1CCCC(CC)C1. The zero-order valence-corrected chi connectivity index (χ0v) is 13.2. The summed E-state index contributed by atoms with van der Waals surface area (Å²) in [5.74, 6) is 2.83. The van der Waals surface area contributed by atoms with Gasteiger partial charge in [-0.15, -0.1) is 0 Å². The molecule has 1 fully saturated rings. The van der Waals surface area contributed by atoms with Crippen molar-refractivity contribution in [1.82, 2.24) is 5.32 Å². The first-order chi connectivity index (χ1) is 8.76. The molecule has 0 bridgehead atoms. The molecule has 1 heteroatoms. The van der Waals surface area contributed by atoms with Crippen LogP contribution in [0.5, 0.6) is 0 Å². The van der Waals surface area contributed by atoms with Crippen LogP contribution in [-0.2, 0) is 0 Å². The van der Waals surface area contributed by atoms with Crippen molar-refractivity contribution in [1.29, 1.82) is 0 Å². The van der Waals surface area contributed by atoms with Gasteiger partial charge >= 0.3 is 0 Å². The molecule has 1 nitrogen and oxygen atoms in total. The first-order valence-corrected chi connectivity index (χ1v) is 8.50. The third kappa shape index (κ3) is 4.57. The van der Waals surface area contributed by atoms with Crippen LogP contribution >= 0.6 is 0 Å². The van der Waals surface area contributed by atoms with E-state index >= 15 is 0 Å². The molecule has 1 rings (SSSR count). The molecule has 0 aromatic carbocycles.